The maximum atomic E-state index is 13.9. The van der Waals surface area contributed by atoms with Gasteiger partial charge in [0, 0.05) is 35.3 Å². The van der Waals surface area contributed by atoms with Gasteiger partial charge in [-0.25, -0.2) is 4.98 Å². The van der Waals surface area contributed by atoms with Gasteiger partial charge in [-0.15, -0.1) is 0 Å². The van der Waals surface area contributed by atoms with Crippen LogP contribution in [0.5, 0.6) is 0 Å². The first-order valence-electron chi connectivity index (χ1n) is 9.86. The topological polar surface area (TPSA) is 93.7 Å². The molecule has 7 nitrogen and oxygen atoms in total. The van der Waals surface area contributed by atoms with Gasteiger partial charge in [-0.05, 0) is 64.7 Å². The third-order valence-corrected chi connectivity index (χ3v) is 6.07. The van der Waals surface area contributed by atoms with E-state index in [2.05, 4.69) is 69.2 Å². The second-order valence-corrected chi connectivity index (χ2v) is 8.94. The van der Waals surface area contributed by atoms with Crippen molar-refractivity contribution in [3.05, 3.63) is 38.7 Å². The van der Waals surface area contributed by atoms with Crippen molar-refractivity contribution in [1.29, 1.82) is 0 Å². The lowest BCUT2D eigenvalue weighted by atomic mass is 10.1. The first kappa shape index (κ1) is 20.3. The molecule has 1 aliphatic rings. The number of halogens is 2. The molecule has 0 saturated carbocycles. The molecule has 2 aromatic heterocycles. The van der Waals surface area contributed by atoms with Crippen molar-refractivity contribution in [1.82, 2.24) is 24.8 Å². The molecule has 29 heavy (non-hydrogen) atoms. The van der Waals surface area contributed by atoms with Crippen LogP contribution in [0.4, 0.5) is 15.9 Å². The van der Waals surface area contributed by atoms with E-state index in [9.17, 15) is 4.39 Å². The number of imidazole rings is 1. The minimum atomic E-state index is -0.825. The van der Waals surface area contributed by atoms with Crippen LogP contribution in [0.25, 0.3) is 11.2 Å². The number of nitrogens with one attached hydrogen (secondary N) is 2. The van der Waals surface area contributed by atoms with Gasteiger partial charge in [0.2, 0.25) is 0 Å². The molecular weight excluding hydrogens is 484 g/mol. The Bertz CT molecular complexity index is 1050. The average molecular weight is 509 g/mol. The predicted octanol–water partition coefficient (Wildman–Crippen LogP) is 2.96. The minimum absolute atomic E-state index is 0.0768. The van der Waals surface area contributed by atoms with Crippen LogP contribution in [0.15, 0.2) is 12.1 Å². The number of nitrogen functional groups attached to an aromatic ring is 1. The van der Waals surface area contributed by atoms with Crippen molar-refractivity contribution in [2.75, 3.05) is 30.7 Å². The molecule has 0 fully saturated rings. The fourth-order valence-electron chi connectivity index (χ4n) is 3.66. The zero-order valence-electron chi connectivity index (χ0n) is 16.6. The lowest BCUT2D eigenvalue weighted by Gasteiger charge is -2.12. The number of benzene rings is 1. The predicted molar refractivity (Wildman–Crippen MR) is 122 cm³/mol. The first-order valence-corrected chi connectivity index (χ1v) is 10.9. The van der Waals surface area contributed by atoms with Crippen LogP contribution in [0.2, 0.25) is 0 Å². The Balaban J connectivity index is 1.69. The van der Waals surface area contributed by atoms with E-state index in [4.69, 9.17) is 10.7 Å². The lowest BCUT2D eigenvalue weighted by Crippen LogP contribution is -2.25. The fraction of sp³-hybridized carbons (Fsp3) is 0.450. The van der Waals surface area contributed by atoms with E-state index in [0.29, 0.717) is 30.0 Å². The highest BCUT2D eigenvalue weighted by Gasteiger charge is 2.19. The molecule has 3 heterocycles. The number of nitrogens with two attached hydrogens (primary N) is 1. The fourth-order valence-corrected chi connectivity index (χ4v) is 4.38. The van der Waals surface area contributed by atoms with E-state index >= 15 is 0 Å². The molecule has 0 atom stereocenters. The second-order valence-electron chi connectivity index (χ2n) is 7.78. The molecular formula is C20H25FIN7. The standard InChI is InChI=1S/C20H25FIN7/c1-11(2)10-24-5-6-29-16(26-17-18(23)27-20(21)28-19(17)29)9-13-8-15-12(3-4-25-15)7-14(13)22/h7-8,11,24-25H,3-6,9-10H2,1-2H3,(H2,23,27,28). The molecule has 0 bridgehead atoms. The van der Waals surface area contributed by atoms with Crippen LogP contribution < -0.4 is 16.4 Å². The van der Waals surface area contributed by atoms with Gasteiger partial charge in [0.15, 0.2) is 17.0 Å². The molecule has 3 aromatic rings. The molecule has 1 aliphatic heterocycles. The quantitative estimate of drug-likeness (QED) is 0.258. The summed E-state index contributed by atoms with van der Waals surface area (Å²) in [5.41, 5.74) is 10.6. The van der Waals surface area contributed by atoms with Gasteiger partial charge in [0.05, 0.1) is 0 Å². The summed E-state index contributed by atoms with van der Waals surface area (Å²) in [4.78, 5) is 12.3. The molecule has 0 saturated heterocycles. The molecule has 1 aromatic carbocycles. The van der Waals surface area contributed by atoms with Crippen molar-refractivity contribution in [3.63, 3.8) is 0 Å². The number of anilines is 2. The Labute approximate surface area is 182 Å². The summed E-state index contributed by atoms with van der Waals surface area (Å²) in [5.74, 6) is 1.45. The highest BCUT2D eigenvalue weighted by molar-refractivity contribution is 14.1. The summed E-state index contributed by atoms with van der Waals surface area (Å²) in [5, 5.41) is 6.86. The van der Waals surface area contributed by atoms with Crippen LogP contribution in [0.3, 0.4) is 0 Å². The largest absolute Gasteiger partial charge is 0.384 e. The third kappa shape index (κ3) is 4.30. The highest BCUT2D eigenvalue weighted by Crippen LogP contribution is 2.29. The second kappa shape index (κ2) is 8.39. The highest BCUT2D eigenvalue weighted by atomic mass is 127. The molecule has 4 rings (SSSR count). The Morgan fingerprint density at radius 2 is 2.14 bits per heavy atom. The van der Waals surface area contributed by atoms with Crippen molar-refractivity contribution in [2.45, 2.75) is 33.2 Å². The number of fused-ring (bicyclic) bond motifs is 2. The van der Waals surface area contributed by atoms with Gasteiger partial charge in [0.1, 0.15) is 5.82 Å². The molecule has 0 amide bonds. The number of hydrogen-bond donors (Lipinski definition) is 3. The van der Waals surface area contributed by atoms with Crippen molar-refractivity contribution < 1.29 is 4.39 Å². The number of rotatable bonds is 7. The summed E-state index contributed by atoms with van der Waals surface area (Å²) in [6.45, 7) is 7.59. The van der Waals surface area contributed by atoms with Gasteiger partial charge in [-0.2, -0.15) is 14.4 Å². The van der Waals surface area contributed by atoms with E-state index < -0.39 is 6.08 Å². The van der Waals surface area contributed by atoms with Crippen LogP contribution in [0, 0.1) is 15.6 Å². The van der Waals surface area contributed by atoms with E-state index in [1.807, 2.05) is 4.57 Å². The summed E-state index contributed by atoms with van der Waals surface area (Å²) >= 11 is 2.37. The normalized spacial score (nSPS) is 13.3. The minimum Gasteiger partial charge on any atom is -0.384 e. The molecule has 9 heteroatoms. The van der Waals surface area contributed by atoms with Crippen molar-refractivity contribution >= 4 is 45.3 Å². The summed E-state index contributed by atoms with van der Waals surface area (Å²) in [7, 11) is 0. The number of nitrogens with zero attached hydrogens (tertiary/aromatic N) is 4. The van der Waals surface area contributed by atoms with E-state index in [1.54, 1.807) is 0 Å². The van der Waals surface area contributed by atoms with Crippen molar-refractivity contribution in [3.8, 4) is 0 Å². The summed E-state index contributed by atoms with van der Waals surface area (Å²) in [6.07, 6.45) is 0.848. The zero-order chi connectivity index (χ0) is 20.5. The van der Waals surface area contributed by atoms with Crippen LogP contribution >= 0.6 is 22.6 Å². The Hall–Kier alpha value is -2.01. The maximum Gasteiger partial charge on any atom is 0.312 e. The number of hydrogen-bond acceptors (Lipinski definition) is 6. The van der Waals surface area contributed by atoms with Crippen LogP contribution in [-0.4, -0.2) is 39.2 Å². The zero-order valence-corrected chi connectivity index (χ0v) is 18.8. The third-order valence-electron chi connectivity index (χ3n) is 5.07. The van der Waals surface area contributed by atoms with Crippen molar-refractivity contribution in [2.24, 2.45) is 5.92 Å². The Morgan fingerprint density at radius 3 is 2.93 bits per heavy atom. The average Bonchev–Trinajstić information content (AvgIpc) is 3.23. The lowest BCUT2D eigenvalue weighted by molar-refractivity contribution is 0.517. The maximum absolute atomic E-state index is 13.9. The SMILES string of the molecule is CC(C)CNCCn1c(Cc2cc3c(cc2I)CCN3)nc2c(N)nc(F)nc21. The molecule has 0 unspecified atom stereocenters. The van der Waals surface area contributed by atoms with Crippen LogP contribution in [-0.2, 0) is 19.4 Å². The van der Waals surface area contributed by atoms with E-state index in [0.717, 1.165) is 31.9 Å². The van der Waals surface area contributed by atoms with E-state index in [-0.39, 0.29) is 5.82 Å². The van der Waals surface area contributed by atoms with Gasteiger partial charge in [-0.3, -0.25) is 0 Å². The Morgan fingerprint density at radius 1 is 1.31 bits per heavy atom. The monoisotopic (exact) mass is 509 g/mol. The first-order chi connectivity index (χ1) is 13.9. The smallest absolute Gasteiger partial charge is 0.312 e. The molecule has 0 aliphatic carbocycles. The number of aromatic nitrogens is 4. The molecule has 154 valence electrons. The van der Waals surface area contributed by atoms with Gasteiger partial charge in [-0.1, -0.05) is 13.8 Å². The van der Waals surface area contributed by atoms with Gasteiger partial charge < -0.3 is 20.9 Å². The van der Waals surface area contributed by atoms with Gasteiger partial charge in [0.25, 0.3) is 0 Å². The summed E-state index contributed by atoms with van der Waals surface area (Å²) in [6, 6.07) is 4.43. The van der Waals surface area contributed by atoms with Gasteiger partial charge >= 0.3 is 6.08 Å². The molecule has 0 radical (unpaired) electrons. The molecule has 4 N–H and O–H groups in total. The summed E-state index contributed by atoms with van der Waals surface area (Å²) < 4.78 is 17.0. The van der Waals surface area contributed by atoms with Crippen LogP contribution in [0.1, 0.15) is 30.8 Å². The van der Waals surface area contributed by atoms with E-state index in [1.165, 1.54) is 20.4 Å². The molecule has 0 spiro atoms. The Kier molecular flexibility index (Phi) is 5.86.